The summed E-state index contributed by atoms with van der Waals surface area (Å²) in [6, 6.07) is 7.19. The van der Waals surface area contributed by atoms with Crippen molar-refractivity contribution in [1.29, 1.82) is 0 Å². The molecule has 1 aromatic carbocycles. The van der Waals surface area contributed by atoms with Gasteiger partial charge in [-0.25, -0.2) is 8.42 Å². The first-order valence-corrected chi connectivity index (χ1v) is 7.30. The predicted octanol–water partition coefficient (Wildman–Crippen LogP) is 1.79. The molecular weight excluding hydrogens is 246 g/mol. The first kappa shape index (κ1) is 11.9. The highest BCUT2D eigenvalue weighted by molar-refractivity contribution is 7.92. The first-order chi connectivity index (χ1) is 7.50. The smallest absolute Gasteiger partial charge is 0.156 e. The van der Waals surface area contributed by atoms with Gasteiger partial charge in [0.05, 0.1) is 11.0 Å². The van der Waals surface area contributed by atoms with Crippen molar-refractivity contribution in [3.63, 3.8) is 0 Å². The zero-order valence-corrected chi connectivity index (χ0v) is 10.6. The Bertz CT molecular complexity index is 487. The molecule has 0 bridgehead atoms. The van der Waals surface area contributed by atoms with Gasteiger partial charge in [-0.2, -0.15) is 0 Å². The topological polar surface area (TPSA) is 46.2 Å². The van der Waals surface area contributed by atoms with Gasteiger partial charge in [-0.15, -0.1) is 0 Å². The molecular formula is C11H14ClNO2S. The average molecular weight is 260 g/mol. The summed E-state index contributed by atoms with van der Waals surface area (Å²) in [5, 5.41) is 3.46. The summed E-state index contributed by atoms with van der Waals surface area (Å²) in [6.45, 7) is 2.25. The van der Waals surface area contributed by atoms with E-state index in [1.807, 2.05) is 18.2 Å². The van der Waals surface area contributed by atoms with Crippen LogP contribution in [0.25, 0.3) is 0 Å². The van der Waals surface area contributed by atoms with Crippen molar-refractivity contribution in [2.75, 3.05) is 12.3 Å². The maximum Gasteiger partial charge on any atom is 0.156 e. The molecule has 1 N–H and O–H groups in total. The van der Waals surface area contributed by atoms with Crippen LogP contribution in [-0.2, 0) is 9.84 Å². The van der Waals surface area contributed by atoms with Crippen molar-refractivity contribution < 1.29 is 8.42 Å². The summed E-state index contributed by atoms with van der Waals surface area (Å²) in [6.07, 6.45) is 0. The van der Waals surface area contributed by atoms with E-state index in [-0.39, 0.29) is 11.8 Å². The van der Waals surface area contributed by atoms with Gasteiger partial charge in [-0.05, 0) is 24.6 Å². The van der Waals surface area contributed by atoms with E-state index in [9.17, 15) is 8.42 Å². The molecule has 88 valence electrons. The minimum absolute atomic E-state index is 0.155. The molecule has 16 heavy (non-hydrogen) atoms. The molecule has 2 atom stereocenters. The van der Waals surface area contributed by atoms with Crippen LogP contribution >= 0.6 is 11.6 Å². The molecule has 1 saturated heterocycles. The summed E-state index contributed by atoms with van der Waals surface area (Å²) < 4.78 is 23.6. The third kappa shape index (κ3) is 2.24. The predicted molar refractivity (Wildman–Crippen MR) is 65.4 cm³/mol. The highest BCUT2D eigenvalue weighted by atomic mass is 35.5. The molecule has 1 fully saturated rings. The van der Waals surface area contributed by atoms with Gasteiger partial charge < -0.3 is 5.32 Å². The summed E-state index contributed by atoms with van der Waals surface area (Å²) in [5.74, 6) is 0.214. The van der Waals surface area contributed by atoms with Crippen molar-refractivity contribution in [2.45, 2.75) is 18.2 Å². The highest BCUT2D eigenvalue weighted by Gasteiger charge is 2.33. The van der Waals surface area contributed by atoms with E-state index in [4.69, 9.17) is 11.6 Å². The van der Waals surface area contributed by atoms with Crippen LogP contribution in [0.15, 0.2) is 24.3 Å². The largest absolute Gasteiger partial charge is 0.308 e. The Kier molecular flexibility index (Phi) is 3.24. The fraction of sp³-hybridized carbons (Fsp3) is 0.455. The number of hydrogen-bond acceptors (Lipinski definition) is 3. The molecule has 0 radical (unpaired) electrons. The second-order valence-electron chi connectivity index (χ2n) is 4.06. The molecule has 0 amide bonds. The van der Waals surface area contributed by atoms with Crippen molar-refractivity contribution >= 4 is 21.4 Å². The van der Waals surface area contributed by atoms with Crippen LogP contribution in [0.5, 0.6) is 0 Å². The lowest BCUT2D eigenvalue weighted by molar-refractivity contribution is 0.483. The van der Waals surface area contributed by atoms with Crippen LogP contribution in [0.1, 0.15) is 18.5 Å². The maximum absolute atomic E-state index is 11.8. The average Bonchev–Trinajstić information content (AvgIpc) is 2.22. The Balaban J connectivity index is 2.34. The van der Waals surface area contributed by atoms with Crippen LogP contribution < -0.4 is 5.32 Å². The standard InChI is InChI=1S/C11H14ClNO2S/c1-8-11(13-5-6-16(8,14)15)9-3-2-4-10(12)7-9/h2-4,7-8,11,13H,5-6H2,1H3. The first-order valence-electron chi connectivity index (χ1n) is 5.21. The number of sulfone groups is 1. The number of halogens is 1. The van der Waals surface area contributed by atoms with Gasteiger partial charge in [0.15, 0.2) is 9.84 Å². The Morgan fingerprint density at radius 3 is 2.88 bits per heavy atom. The number of hydrogen-bond donors (Lipinski definition) is 1. The molecule has 0 saturated carbocycles. The molecule has 1 aromatic rings. The third-order valence-corrected chi connectivity index (χ3v) is 5.41. The number of rotatable bonds is 1. The zero-order chi connectivity index (χ0) is 11.8. The van der Waals surface area contributed by atoms with Crippen LogP contribution in [0.4, 0.5) is 0 Å². The second kappa shape index (κ2) is 4.35. The Labute approximate surface area is 101 Å². The molecule has 5 heteroatoms. The molecule has 1 heterocycles. The van der Waals surface area contributed by atoms with Crippen LogP contribution in [0.3, 0.4) is 0 Å². The SMILES string of the molecule is CC1C(c2cccc(Cl)c2)NCCS1(=O)=O. The molecule has 2 unspecified atom stereocenters. The lowest BCUT2D eigenvalue weighted by atomic mass is 10.0. The summed E-state index contributed by atoms with van der Waals surface area (Å²) >= 11 is 5.91. The van der Waals surface area contributed by atoms with E-state index in [2.05, 4.69) is 5.32 Å². The Morgan fingerprint density at radius 2 is 2.19 bits per heavy atom. The van der Waals surface area contributed by atoms with E-state index in [1.54, 1.807) is 13.0 Å². The summed E-state index contributed by atoms with van der Waals surface area (Å²) in [4.78, 5) is 0. The van der Waals surface area contributed by atoms with E-state index in [1.165, 1.54) is 0 Å². The normalized spacial score (nSPS) is 28.9. The van der Waals surface area contributed by atoms with E-state index >= 15 is 0 Å². The summed E-state index contributed by atoms with van der Waals surface area (Å²) in [7, 11) is -2.98. The van der Waals surface area contributed by atoms with E-state index in [0.717, 1.165) is 5.56 Å². The van der Waals surface area contributed by atoms with Crippen molar-refractivity contribution in [3.05, 3.63) is 34.9 Å². The van der Waals surface area contributed by atoms with Gasteiger partial charge in [0.2, 0.25) is 0 Å². The number of benzene rings is 1. The van der Waals surface area contributed by atoms with Crippen molar-refractivity contribution in [3.8, 4) is 0 Å². The lowest BCUT2D eigenvalue weighted by Gasteiger charge is -2.30. The van der Waals surface area contributed by atoms with Gasteiger partial charge >= 0.3 is 0 Å². The second-order valence-corrected chi connectivity index (χ2v) is 6.97. The van der Waals surface area contributed by atoms with Crippen LogP contribution in [0.2, 0.25) is 5.02 Å². The van der Waals surface area contributed by atoms with Gasteiger partial charge in [0.25, 0.3) is 0 Å². The molecule has 3 nitrogen and oxygen atoms in total. The molecule has 0 aliphatic carbocycles. The van der Waals surface area contributed by atoms with E-state index in [0.29, 0.717) is 11.6 Å². The molecule has 0 aromatic heterocycles. The van der Waals surface area contributed by atoms with E-state index < -0.39 is 15.1 Å². The quantitative estimate of drug-likeness (QED) is 0.836. The van der Waals surface area contributed by atoms with Gasteiger partial charge in [-0.3, -0.25) is 0 Å². The van der Waals surface area contributed by atoms with Gasteiger partial charge in [0.1, 0.15) is 0 Å². The fourth-order valence-corrected chi connectivity index (χ4v) is 3.65. The zero-order valence-electron chi connectivity index (χ0n) is 8.98. The molecule has 1 aliphatic rings. The van der Waals surface area contributed by atoms with Crippen molar-refractivity contribution in [1.82, 2.24) is 5.32 Å². The Hall–Kier alpha value is -0.580. The summed E-state index contributed by atoms with van der Waals surface area (Å²) in [5.41, 5.74) is 0.934. The number of nitrogens with one attached hydrogen (secondary N) is 1. The minimum Gasteiger partial charge on any atom is -0.308 e. The van der Waals surface area contributed by atoms with Crippen LogP contribution in [-0.4, -0.2) is 26.0 Å². The maximum atomic E-state index is 11.8. The minimum atomic E-state index is -2.98. The molecule has 2 rings (SSSR count). The van der Waals surface area contributed by atoms with Gasteiger partial charge in [-0.1, -0.05) is 23.7 Å². The van der Waals surface area contributed by atoms with Crippen LogP contribution in [0, 0.1) is 0 Å². The fourth-order valence-electron chi connectivity index (χ4n) is 2.00. The Morgan fingerprint density at radius 1 is 1.44 bits per heavy atom. The lowest BCUT2D eigenvalue weighted by Crippen LogP contribution is -2.45. The monoisotopic (exact) mass is 259 g/mol. The third-order valence-electron chi connectivity index (χ3n) is 2.99. The van der Waals surface area contributed by atoms with Gasteiger partial charge in [0, 0.05) is 17.6 Å². The highest BCUT2D eigenvalue weighted by Crippen LogP contribution is 2.27. The molecule has 0 spiro atoms. The van der Waals surface area contributed by atoms with Crippen molar-refractivity contribution in [2.24, 2.45) is 0 Å². The molecule has 1 aliphatic heterocycles.